The third kappa shape index (κ3) is 2.87. The van der Waals surface area contributed by atoms with Gasteiger partial charge in [-0.3, -0.25) is 19.7 Å². The molecule has 0 atom stereocenters. The summed E-state index contributed by atoms with van der Waals surface area (Å²) >= 11 is 0. The number of carbonyl (C=O) groups is 2. The van der Waals surface area contributed by atoms with Crippen LogP contribution in [-0.2, 0) is 9.53 Å². The highest BCUT2D eigenvalue weighted by molar-refractivity contribution is 6.40. The minimum atomic E-state index is -0.542. The van der Waals surface area contributed by atoms with Crippen molar-refractivity contribution >= 4 is 28.8 Å². The van der Waals surface area contributed by atoms with Gasteiger partial charge in [0.2, 0.25) is 0 Å². The monoisotopic (exact) mass is 338 g/mol. The summed E-state index contributed by atoms with van der Waals surface area (Å²) in [5.41, 5.74) is 1.27. The van der Waals surface area contributed by atoms with Crippen molar-refractivity contribution in [1.29, 1.82) is 0 Å². The Kier molecular flexibility index (Phi) is 4.30. The van der Waals surface area contributed by atoms with Crippen LogP contribution in [0.1, 0.15) is 22.8 Å². The number of amides is 2. The first kappa shape index (κ1) is 16.4. The molecule has 126 valence electrons. The average molecular weight is 338 g/mol. The predicted octanol–water partition coefficient (Wildman–Crippen LogP) is 3.16. The van der Waals surface area contributed by atoms with Crippen LogP contribution < -0.4 is 4.90 Å². The van der Waals surface area contributed by atoms with Crippen LogP contribution in [0.25, 0.3) is 5.57 Å². The second kappa shape index (κ2) is 6.56. The molecule has 25 heavy (non-hydrogen) atoms. The van der Waals surface area contributed by atoms with E-state index in [0.29, 0.717) is 17.7 Å². The molecular weight excluding hydrogens is 324 g/mol. The van der Waals surface area contributed by atoms with Gasteiger partial charge in [0.25, 0.3) is 17.5 Å². The Hall–Kier alpha value is -3.48. The fraction of sp³-hybridized carbons (Fsp3) is 0.111. The summed E-state index contributed by atoms with van der Waals surface area (Å²) in [6.45, 7) is 2.17. The minimum Gasteiger partial charge on any atom is -0.501 e. The molecular formula is C18H14N2O5. The molecule has 0 aliphatic carbocycles. The number of nitrogens with zero attached hydrogens (tertiary/aromatic N) is 2. The van der Waals surface area contributed by atoms with Crippen LogP contribution in [0, 0.1) is 10.1 Å². The molecule has 2 amide bonds. The fourth-order valence-electron chi connectivity index (χ4n) is 2.59. The first-order valence-corrected chi connectivity index (χ1v) is 7.59. The molecule has 3 rings (SSSR count). The normalized spacial score (nSPS) is 15.2. The number of hydrogen-bond acceptors (Lipinski definition) is 5. The van der Waals surface area contributed by atoms with E-state index in [0.717, 1.165) is 4.90 Å². The summed E-state index contributed by atoms with van der Waals surface area (Å²) in [6, 6.07) is 12.0. The van der Waals surface area contributed by atoms with Crippen LogP contribution in [0.15, 0.2) is 54.8 Å². The zero-order chi connectivity index (χ0) is 18.0. The van der Waals surface area contributed by atoms with Crippen molar-refractivity contribution in [3.63, 3.8) is 0 Å². The van der Waals surface area contributed by atoms with E-state index in [2.05, 4.69) is 0 Å². The second-order valence-electron chi connectivity index (χ2n) is 5.25. The Morgan fingerprint density at radius 1 is 1.04 bits per heavy atom. The number of benzene rings is 2. The van der Waals surface area contributed by atoms with E-state index < -0.39 is 16.7 Å². The SMILES string of the molecule is CCOC=C1C(=O)N(c2ccc([N+](=O)[O-])cc2)C(=O)c2ccccc21. The number of non-ortho nitro benzene ring substituents is 1. The minimum absolute atomic E-state index is 0.119. The van der Waals surface area contributed by atoms with Gasteiger partial charge < -0.3 is 4.74 Å². The molecule has 7 nitrogen and oxygen atoms in total. The van der Waals surface area contributed by atoms with Gasteiger partial charge in [0.05, 0.1) is 29.1 Å². The van der Waals surface area contributed by atoms with E-state index in [1.54, 1.807) is 31.2 Å². The van der Waals surface area contributed by atoms with Gasteiger partial charge in [0.15, 0.2) is 0 Å². The number of fused-ring (bicyclic) bond motifs is 1. The summed E-state index contributed by atoms with van der Waals surface area (Å²) in [4.78, 5) is 36.9. The molecule has 1 aliphatic rings. The smallest absolute Gasteiger partial charge is 0.269 e. The molecule has 1 aliphatic heterocycles. The van der Waals surface area contributed by atoms with E-state index in [1.165, 1.54) is 30.5 Å². The largest absolute Gasteiger partial charge is 0.501 e. The van der Waals surface area contributed by atoms with Crippen molar-refractivity contribution in [2.45, 2.75) is 6.92 Å². The van der Waals surface area contributed by atoms with Crippen molar-refractivity contribution in [2.24, 2.45) is 0 Å². The molecule has 0 bridgehead atoms. The molecule has 0 saturated carbocycles. The molecule has 0 N–H and O–H groups in total. The predicted molar refractivity (Wildman–Crippen MR) is 91.0 cm³/mol. The highest BCUT2D eigenvalue weighted by Gasteiger charge is 2.36. The standard InChI is InChI=1S/C18H14N2O5/c1-2-25-11-16-14-5-3-4-6-15(14)17(21)19(18(16)22)12-7-9-13(10-8-12)20(23)24/h3-11H,2H2,1H3. The maximum absolute atomic E-state index is 12.8. The topological polar surface area (TPSA) is 89.8 Å². The number of nitro groups is 1. The summed E-state index contributed by atoms with van der Waals surface area (Å²) in [5, 5.41) is 10.8. The lowest BCUT2D eigenvalue weighted by molar-refractivity contribution is -0.384. The van der Waals surface area contributed by atoms with Crippen molar-refractivity contribution < 1.29 is 19.2 Å². The Morgan fingerprint density at radius 2 is 1.68 bits per heavy atom. The first-order valence-electron chi connectivity index (χ1n) is 7.59. The van der Waals surface area contributed by atoms with Gasteiger partial charge in [-0.2, -0.15) is 0 Å². The van der Waals surface area contributed by atoms with Crippen LogP contribution in [0.5, 0.6) is 0 Å². The van der Waals surface area contributed by atoms with Gasteiger partial charge >= 0.3 is 0 Å². The number of carbonyl (C=O) groups excluding carboxylic acids is 2. The molecule has 2 aromatic rings. The van der Waals surface area contributed by atoms with Gasteiger partial charge in [-0.25, -0.2) is 4.90 Å². The number of rotatable bonds is 4. The fourth-order valence-corrected chi connectivity index (χ4v) is 2.59. The summed E-state index contributed by atoms with van der Waals surface area (Å²) < 4.78 is 5.26. The molecule has 0 spiro atoms. The van der Waals surface area contributed by atoms with Gasteiger partial charge in [0.1, 0.15) is 0 Å². The van der Waals surface area contributed by atoms with Crippen molar-refractivity contribution in [1.82, 2.24) is 0 Å². The van der Waals surface area contributed by atoms with E-state index in [-0.39, 0.29) is 16.9 Å². The number of anilines is 1. The van der Waals surface area contributed by atoms with E-state index in [1.807, 2.05) is 0 Å². The lowest BCUT2D eigenvalue weighted by Crippen LogP contribution is -2.41. The number of nitro benzene ring substituents is 1. The second-order valence-corrected chi connectivity index (χ2v) is 5.25. The molecule has 0 saturated heterocycles. The maximum Gasteiger partial charge on any atom is 0.269 e. The van der Waals surface area contributed by atoms with E-state index in [4.69, 9.17) is 4.74 Å². The Morgan fingerprint density at radius 3 is 2.28 bits per heavy atom. The Balaban J connectivity index is 2.10. The lowest BCUT2D eigenvalue weighted by atomic mass is 9.94. The lowest BCUT2D eigenvalue weighted by Gasteiger charge is -2.28. The highest BCUT2D eigenvalue weighted by atomic mass is 16.6. The molecule has 0 radical (unpaired) electrons. The van der Waals surface area contributed by atoms with Gasteiger partial charge in [0, 0.05) is 23.3 Å². The van der Waals surface area contributed by atoms with Crippen molar-refractivity contribution in [3.8, 4) is 0 Å². The molecule has 0 fully saturated rings. The number of imide groups is 1. The molecule has 2 aromatic carbocycles. The third-order valence-electron chi connectivity index (χ3n) is 3.77. The Bertz CT molecular complexity index is 887. The Labute approximate surface area is 143 Å². The third-order valence-corrected chi connectivity index (χ3v) is 3.77. The van der Waals surface area contributed by atoms with Crippen LogP contribution in [-0.4, -0.2) is 23.3 Å². The quantitative estimate of drug-likeness (QED) is 0.281. The average Bonchev–Trinajstić information content (AvgIpc) is 2.62. The van der Waals surface area contributed by atoms with Crippen LogP contribution in [0.4, 0.5) is 11.4 Å². The maximum atomic E-state index is 12.8. The van der Waals surface area contributed by atoms with E-state index in [9.17, 15) is 19.7 Å². The summed E-state index contributed by atoms with van der Waals surface area (Å²) in [7, 11) is 0. The summed E-state index contributed by atoms with van der Waals surface area (Å²) in [5.74, 6) is -1.02. The van der Waals surface area contributed by atoms with Crippen LogP contribution in [0.2, 0.25) is 0 Å². The van der Waals surface area contributed by atoms with Crippen LogP contribution >= 0.6 is 0 Å². The molecule has 0 unspecified atom stereocenters. The van der Waals surface area contributed by atoms with Crippen molar-refractivity contribution in [3.05, 3.63) is 76.0 Å². The number of ether oxygens (including phenoxy) is 1. The van der Waals surface area contributed by atoms with E-state index >= 15 is 0 Å². The zero-order valence-corrected chi connectivity index (χ0v) is 13.3. The zero-order valence-electron chi connectivity index (χ0n) is 13.3. The molecule has 7 heteroatoms. The summed E-state index contributed by atoms with van der Waals surface area (Å²) in [6.07, 6.45) is 1.34. The van der Waals surface area contributed by atoms with Gasteiger partial charge in [-0.05, 0) is 25.1 Å². The molecule has 1 heterocycles. The number of hydrogen-bond donors (Lipinski definition) is 0. The van der Waals surface area contributed by atoms with Crippen molar-refractivity contribution in [2.75, 3.05) is 11.5 Å². The van der Waals surface area contributed by atoms with Gasteiger partial charge in [-0.15, -0.1) is 0 Å². The van der Waals surface area contributed by atoms with Crippen LogP contribution in [0.3, 0.4) is 0 Å². The first-order chi connectivity index (χ1) is 12.0. The molecule has 0 aromatic heterocycles. The highest BCUT2D eigenvalue weighted by Crippen LogP contribution is 2.32. The van der Waals surface area contributed by atoms with Gasteiger partial charge in [-0.1, -0.05) is 18.2 Å².